The van der Waals surface area contributed by atoms with Crippen LogP contribution >= 0.6 is 27.5 Å². The van der Waals surface area contributed by atoms with Crippen LogP contribution in [0.25, 0.3) is 0 Å². The Bertz CT molecular complexity index is 337. The zero-order valence-corrected chi connectivity index (χ0v) is 13.0. The average Bonchev–Trinajstić information content (AvgIpc) is 2.31. The quantitative estimate of drug-likeness (QED) is 0.661. The van der Waals surface area contributed by atoms with Crippen LogP contribution in [0, 0.1) is 11.3 Å². The Kier molecular flexibility index (Phi) is 5.81. The lowest BCUT2D eigenvalue weighted by atomic mass is 9.78. The zero-order chi connectivity index (χ0) is 12.9. The van der Waals surface area contributed by atoms with Crippen molar-refractivity contribution in [1.29, 1.82) is 0 Å². The Hall–Kier alpha value is -0.210. The molecule has 3 heteroatoms. The standard InChI is InChI=1S/C14H20BrClO/c1-11(2)14(3,10-16)8-9-17-13-6-4-12(15)5-7-13/h4-7,11H,8-10H2,1-3H3. The molecule has 0 heterocycles. The second kappa shape index (κ2) is 6.65. The van der Waals surface area contributed by atoms with E-state index in [1.54, 1.807) is 0 Å². The highest BCUT2D eigenvalue weighted by Crippen LogP contribution is 2.32. The molecule has 1 unspecified atom stereocenters. The molecule has 0 fully saturated rings. The fourth-order valence-electron chi connectivity index (χ4n) is 1.44. The van der Waals surface area contributed by atoms with E-state index in [1.807, 2.05) is 24.3 Å². The van der Waals surface area contributed by atoms with Crippen molar-refractivity contribution in [2.75, 3.05) is 12.5 Å². The minimum atomic E-state index is 0.150. The molecule has 0 aliphatic heterocycles. The third kappa shape index (κ3) is 4.51. The molecule has 0 saturated carbocycles. The van der Waals surface area contributed by atoms with Gasteiger partial charge in [0.15, 0.2) is 0 Å². The number of rotatable bonds is 6. The third-order valence-electron chi connectivity index (χ3n) is 3.45. The average molecular weight is 320 g/mol. The third-order valence-corrected chi connectivity index (χ3v) is 4.59. The summed E-state index contributed by atoms with van der Waals surface area (Å²) in [5.74, 6) is 2.15. The second-order valence-corrected chi connectivity index (χ2v) is 6.18. The molecular weight excluding hydrogens is 300 g/mol. The highest BCUT2D eigenvalue weighted by Gasteiger charge is 2.27. The highest BCUT2D eigenvalue weighted by molar-refractivity contribution is 9.10. The van der Waals surface area contributed by atoms with Gasteiger partial charge in [-0.05, 0) is 42.0 Å². The number of ether oxygens (including phenoxy) is 1. The summed E-state index contributed by atoms with van der Waals surface area (Å²) in [6.07, 6.45) is 0.976. The zero-order valence-electron chi connectivity index (χ0n) is 10.7. The molecule has 1 aromatic carbocycles. The number of hydrogen-bond acceptors (Lipinski definition) is 1. The van der Waals surface area contributed by atoms with Gasteiger partial charge >= 0.3 is 0 Å². The molecule has 1 nitrogen and oxygen atoms in total. The Balaban J connectivity index is 2.44. The Morgan fingerprint density at radius 3 is 2.35 bits per heavy atom. The van der Waals surface area contributed by atoms with Crippen molar-refractivity contribution < 1.29 is 4.74 Å². The van der Waals surface area contributed by atoms with E-state index in [0.29, 0.717) is 18.4 Å². The lowest BCUT2D eigenvalue weighted by Gasteiger charge is -2.31. The Morgan fingerprint density at radius 2 is 1.88 bits per heavy atom. The summed E-state index contributed by atoms with van der Waals surface area (Å²) >= 11 is 9.45. The van der Waals surface area contributed by atoms with Crippen molar-refractivity contribution in [1.82, 2.24) is 0 Å². The van der Waals surface area contributed by atoms with Crippen LogP contribution in [-0.2, 0) is 0 Å². The topological polar surface area (TPSA) is 9.23 Å². The molecule has 0 aliphatic rings. The first-order valence-corrected chi connectivity index (χ1v) is 7.25. The molecule has 0 spiro atoms. The monoisotopic (exact) mass is 318 g/mol. The maximum absolute atomic E-state index is 6.04. The van der Waals surface area contributed by atoms with Gasteiger partial charge in [0.25, 0.3) is 0 Å². The maximum atomic E-state index is 6.04. The van der Waals surface area contributed by atoms with Crippen LogP contribution in [0.3, 0.4) is 0 Å². The smallest absolute Gasteiger partial charge is 0.119 e. The van der Waals surface area contributed by atoms with Gasteiger partial charge in [0.05, 0.1) is 6.61 Å². The largest absolute Gasteiger partial charge is 0.494 e. The first kappa shape index (κ1) is 14.8. The lowest BCUT2D eigenvalue weighted by Crippen LogP contribution is -2.27. The molecule has 1 atom stereocenters. The van der Waals surface area contributed by atoms with E-state index in [-0.39, 0.29) is 5.41 Å². The fourth-order valence-corrected chi connectivity index (χ4v) is 2.15. The SMILES string of the molecule is CC(C)C(C)(CCl)CCOc1ccc(Br)cc1. The van der Waals surface area contributed by atoms with Crippen molar-refractivity contribution in [2.45, 2.75) is 27.2 Å². The summed E-state index contributed by atoms with van der Waals surface area (Å²) < 4.78 is 6.80. The number of halogens is 2. The van der Waals surface area contributed by atoms with Gasteiger partial charge in [0.1, 0.15) is 5.75 Å². The van der Waals surface area contributed by atoms with Crippen molar-refractivity contribution in [3.63, 3.8) is 0 Å². The van der Waals surface area contributed by atoms with Crippen LogP contribution in [0.5, 0.6) is 5.75 Å². The molecule has 0 N–H and O–H groups in total. The first-order chi connectivity index (χ1) is 7.98. The Labute approximate surface area is 118 Å². The van der Waals surface area contributed by atoms with Gasteiger partial charge in [0, 0.05) is 10.4 Å². The van der Waals surface area contributed by atoms with Crippen LogP contribution in [0.1, 0.15) is 27.2 Å². The maximum Gasteiger partial charge on any atom is 0.119 e. The van der Waals surface area contributed by atoms with Gasteiger partial charge < -0.3 is 4.74 Å². The summed E-state index contributed by atoms with van der Waals surface area (Å²) in [6.45, 7) is 7.35. The van der Waals surface area contributed by atoms with E-state index in [9.17, 15) is 0 Å². The lowest BCUT2D eigenvalue weighted by molar-refractivity contribution is 0.179. The molecule has 1 aromatic rings. The second-order valence-electron chi connectivity index (χ2n) is 4.99. The summed E-state index contributed by atoms with van der Waals surface area (Å²) in [6, 6.07) is 7.91. The minimum Gasteiger partial charge on any atom is -0.494 e. The van der Waals surface area contributed by atoms with E-state index < -0.39 is 0 Å². The highest BCUT2D eigenvalue weighted by atomic mass is 79.9. The van der Waals surface area contributed by atoms with Crippen molar-refractivity contribution >= 4 is 27.5 Å². The predicted molar refractivity (Wildman–Crippen MR) is 77.9 cm³/mol. The molecule has 0 bridgehead atoms. The molecule has 96 valence electrons. The summed E-state index contributed by atoms with van der Waals surface area (Å²) in [7, 11) is 0. The fraction of sp³-hybridized carbons (Fsp3) is 0.571. The van der Waals surface area contributed by atoms with E-state index >= 15 is 0 Å². The summed E-state index contributed by atoms with van der Waals surface area (Å²) in [4.78, 5) is 0. The minimum absolute atomic E-state index is 0.150. The summed E-state index contributed by atoms with van der Waals surface area (Å²) in [5.41, 5.74) is 0.150. The van der Waals surface area contributed by atoms with Gasteiger partial charge in [-0.3, -0.25) is 0 Å². The van der Waals surface area contributed by atoms with E-state index in [2.05, 4.69) is 36.7 Å². The molecule has 0 radical (unpaired) electrons. The van der Waals surface area contributed by atoms with Crippen molar-refractivity contribution in [2.24, 2.45) is 11.3 Å². The predicted octanol–water partition coefficient (Wildman–Crippen LogP) is 5.12. The van der Waals surface area contributed by atoms with Crippen molar-refractivity contribution in [3.05, 3.63) is 28.7 Å². The van der Waals surface area contributed by atoms with E-state index in [1.165, 1.54) is 0 Å². The van der Waals surface area contributed by atoms with Gasteiger partial charge in [0.2, 0.25) is 0 Å². The van der Waals surface area contributed by atoms with E-state index in [0.717, 1.165) is 16.6 Å². The van der Waals surface area contributed by atoms with Crippen LogP contribution in [0.4, 0.5) is 0 Å². The normalized spacial score (nSPS) is 14.7. The number of benzene rings is 1. The summed E-state index contributed by atoms with van der Waals surface area (Å²) in [5, 5.41) is 0. The van der Waals surface area contributed by atoms with Crippen LogP contribution in [0.15, 0.2) is 28.7 Å². The molecule has 0 aliphatic carbocycles. The van der Waals surface area contributed by atoms with Crippen LogP contribution in [0.2, 0.25) is 0 Å². The van der Waals surface area contributed by atoms with E-state index in [4.69, 9.17) is 16.3 Å². The van der Waals surface area contributed by atoms with Gasteiger partial charge in [-0.15, -0.1) is 11.6 Å². The van der Waals surface area contributed by atoms with Gasteiger partial charge in [-0.2, -0.15) is 0 Å². The van der Waals surface area contributed by atoms with Crippen LogP contribution in [-0.4, -0.2) is 12.5 Å². The van der Waals surface area contributed by atoms with Crippen molar-refractivity contribution in [3.8, 4) is 5.75 Å². The van der Waals surface area contributed by atoms with Crippen LogP contribution < -0.4 is 4.74 Å². The van der Waals surface area contributed by atoms with Gasteiger partial charge in [-0.1, -0.05) is 36.7 Å². The van der Waals surface area contributed by atoms with Gasteiger partial charge in [-0.25, -0.2) is 0 Å². The molecule has 17 heavy (non-hydrogen) atoms. The molecule has 1 rings (SSSR count). The molecule has 0 amide bonds. The first-order valence-electron chi connectivity index (χ1n) is 5.92. The Morgan fingerprint density at radius 1 is 1.29 bits per heavy atom. The number of hydrogen-bond donors (Lipinski definition) is 0. The molecule has 0 saturated heterocycles. The molecular formula is C14H20BrClO. The number of alkyl halides is 1. The molecule has 0 aromatic heterocycles.